The summed E-state index contributed by atoms with van der Waals surface area (Å²) >= 11 is 0. The molecule has 0 N–H and O–H groups in total. The van der Waals surface area contributed by atoms with E-state index in [0.717, 1.165) is 6.08 Å². The first kappa shape index (κ1) is 19.5. The summed E-state index contributed by atoms with van der Waals surface area (Å²) in [5.41, 5.74) is 0.338. The van der Waals surface area contributed by atoms with E-state index in [1.165, 1.54) is 14.2 Å². The van der Waals surface area contributed by atoms with Crippen molar-refractivity contribution in [3.8, 4) is 0 Å². The number of ether oxygens (including phenoxy) is 2. The molecule has 8 heteroatoms. The smallest absolute Gasteiger partial charge is 0.462 e. The Labute approximate surface area is 125 Å². The maximum absolute atomic E-state index is 11.2. The van der Waals surface area contributed by atoms with Gasteiger partial charge in [-0.15, -0.1) is 0 Å². The average Bonchev–Trinajstić information content (AvgIpc) is 2.49. The van der Waals surface area contributed by atoms with Crippen molar-refractivity contribution < 1.29 is 32.3 Å². The van der Waals surface area contributed by atoms with Gasteiger partial charge in [0.1, 0.15) is 0 Å². The zero-order chi connectivity index (χ0) is 16.3. The molecule has 0 heterocycles. The number of hydrogen-bond donors (Lipinski definition) is 0. The fourth-order valence-electron chi connectivity index (χ4n) is 1.29. The summed E-state index contributed by atoms with van der Waals surface area (Å²) in [5, 5.41) is 0. The van der Waals surface area contributed by atoms with Crippen molar-refractivity contribution in [2.45, 2.75) is 19.4 Å². The van der Waals surface area contributed by atoms with Gasteiger partial charge in [-0.2, -0.15) is 0 Å². The molecule has 21 heavy (non-hydrogen) atoms. The van der Waals surface area contributed by atoms with Crippen molar-refractivity contribution >= 4 is 20.7 Å². The summed E-state index contributed by atoms with van der Waals surface area (Å²) in [7, 11) is -0.0488. The van der Waals surface area contributed by atoms with E-state index in [1.54, 1.807) is 6.92 Å². The largest absolute Gasteiger partial charge is 0.503 e. The van der Waals surface area contributed by atoms with Crippen LogP contribution in [0.1, 0.15) is 13.3 Å². The zero-order valence-electron chi connectivity index (χ0n) is 12.7. The van der Waals surface area contributed by atoms with Crippen LogP contribution < -0.4 is 0 Å². The topological polar surface area (TPSA) is 80.3 Å². The fraction of sp³-hybridized carbons (Fsp3) is 0.538. The summed E-state index contributed by atoms with van der Waals surface area (Å²) in [6.45, 7) is 8.24. The fourth-order valence-corrected chi connectivity index (χ4v) is 3.06. The van der Waals surface area contributed by atoms with E-state index in [1.807, 2.05) is 0 Å². The monoisotopic (exact) mass is 318 g/mol. The number of esters is 2. The van der Waals surface area contributed by atoms with Crippen molar-refractivity contribution in [1.29, 1.82) is 0 Å². The molecular weight excluding hydrogens is 296 g/mol. The molecule has 0 amide bonds. The molecule has 0 aliphatic carbocycles. The molecule has 0 unspecified atom stereocenters. The van der Waals surface area contributed by atoms with E-state index in [4.69, 9.17) is 22.8 Å². The third-order valence-electron chi connectivity index (χ3n) is 2.48. The minimum absolute atomic E-state index is 0.197. The number of hydrogen-bond acceptors (Lipinski definition) is 7. The summed E-state index contributed by atoms with van der Waals surface area (Å²) < 4.78 is 25.6. The van der Waals surface area contributed by atoms with Crippen molar-refractivity contribution in [2.75, 3.05) is 27.6 Å². The molecule has 0 atom stereocenters. The molecule has 120 valence electrons. The molecule has 0 aromatic heterocycles. The van der Waals surface area contributed by atoms with Gasteiger partial charge in [-0.25, -0.2) is 9.59 Å². The van der Waals surface area contributed by atoms with Gasteiger partial charge in [0.25, 0.3) is 0 Å². The molecule has 0 aromatic carbocycles. The summed E-state index contributed by atoms with van der Waals surface area (Å²) in [6.07, 6.45) is 1.52. The van der Waals surface area contributed by atoms with Crippen LogP contribution in [0.25, 0.3) is 0 Å². The highest BCUT2D eigenvalue weighted by Crippen LogP contribution is 2.16. The van der Waals surface area contributed by atoms with E-state index in [0.29, 0.717) is 18.0 Å². The second-order valence-electron chi connectivity index (χ2n) is 4.04. The molecule has 0 fully saturated rings. The van der Waals surface area contributed by atoms with Gasteiger partial charge in [-0.1, -0.05) is 13.2 Å². The predicted octanol–water partition coefficient (Wildman–Crippen LogP) is 1.43. The first-order valence-corrected chi connectivity index (χ1v) is 8.20. The van der Waals surface area contributed by atoms with Gasteiger partial charge in [-0.3, -0.25) is 0 Å². The van der Waals surface area contributed by atoms with Crippen LogP contribution >= 0.6 is 0 Å². The molecular formula is C13H22O7Si. The highest BCUT2D eigenvalue weighted by Gasteiger charge is 2.39. The number of carbonyl (C=O) groups is 2. The van der Waals surface area contributed by atoms with Crippen LogP contribution in [0.3, 0.4) is 0 Å². The molecule has 0 saturated heterocycles. The molecule has 0 aliphatic heterocycles. The van der Waals surface area contributed by atoms with Gasteiger partial charge in [0.15, 0.2) is 6.79 Å². The van der Waals surface area contributed by atoms with Crippen LogP contribution in [-0.2, 0) is 32.3 Å². The van der Waals surface area contributed by atoms with Crippen LogP contribution in [0, 0.1) is 0 Å². The Bertz CT molecular complexity index is 377. The van der Waals surface area contributed by atoms with Crippen LogP contribution in [0.5, 0.6) is 0 Å². The van der Waals surface area contributed by atoms with Gasteiger partial charge < -0.3 is 22.8 Å². The Morgan fingerprint density at radius 2 is 1.81 bits per heavy atom. The molecule has 0 spiro atoms. The molecule has 0 aliphatic rings. The van der Waals surface area contributed by atoms with Gasteiger partial charge in [0.2, 0.25) is 0 Å². The second-order valence-corrected chi connectivity index (χ2v) is 7.01. The van der Waals surface area contributed by atoms with E-state index >= 15 is 0 Å². The van der Waals surface area contributed by atoms with Gasteiger partial charge in [-0.05, 0) is 13.3 Å². The molecule has 7 nitrogen and oxygen atoms in total. The minimum atomic E-state index is -2.95. The highest BCUT2D eigenvalue weighted by atomic mass is 28.4. The number of rotatable bonds is 11. The van der Waals surface area contributed by atoms with E-state index in [2.05, 4.69) is 13.2 Å². The molecule has 0 rings (SSSR count). The van der Waals surface area contributed by atoms with Crippen LogP contribution in [0.4, 0.5) is 0 Å². The van der Waals surface area contributed by atoms with E-state index in [-0.39, 0.29) is 13.4 Å². The van der Waals surface area contributed by atoms with E-state index in [9.17, 15) is 9.59 Å². The van der Waals surface area contributed by atoms with Crippen molar-refractivity contribution in [3.63, 3.8) is 0 Å². The Hall–Kier alpha value is -1.48. The minimum Gasteiger partial charge on any atom is -0.462 e. The maximum Gasteiger partial charge on any atom is 0.503 e. The first-order valence-electron chi connectivity index (χ1n) is 6.27. The van der Waals surface area contributed by atoms with Gasteiger partial charge >= 0.3 is 20.7 Å². The Kier molecular flexibility index (Phi) is 9.55. The summed E-state index contributed by atoms with van der Waals surface area (Å²) in [6, 6.07) is 0.412. The second kappa shape index (κ2) is 10.3. The molecule has 0 saturated carbocycles. The Balaban J connectivity index is 4.20. The summed E-state index contributed by atoms with van der Waals surface area (Å²) in [4.78, 5) is 22.1. The lowest BCUT2D eigenvalue weighted by atomic mass is 10.4. The van der Waals surface area contributed by atoms with Crippen LogP contribution in [-0.4, -0.2) is 48.4 Å². The lowest BCUT2D eigenvalue weighted by Gasteiger charge is -2.25. The standard InChI is InChI=1S/C13H22O7Si/c1-6-12(14)19-10-20-21(16-4,17-5)9-7-8-18-13(15)11(2)3/h6H,1-2,7-10H2,3-5H3. The quantitative estimate of drug-likeness (QED) is 0.187. The Morgan fingerprint density at radius 1 is 1.19 bits per heavy atom. The zero-order valence-corrected chi connectivity index (χ0v) is 13.7. The maximum atomic E-state index is 11.2. The van der Waals surface area contributed by atoms with E-state index < -0.39 is 20.7 Å². The normalized spacial score (nSPS) is 10.8. The lowest BCUT2D eigenvalue weighted by Crippen LogP contribution is -2.44. The number of carbonyl (C=O) groups excluding carboxylic acids is 2. The lowest BCUT2D eigenvalue weighted by molar-refractivity contribution is -0.147. The summed E-state index contributed by atoms with van der Waals surface area (Å²) in [5.74, 6) is -1.04. The molecule has 0 radical (unpaired) electrons. The van der Waals surface area contributed by atoms with Crippen molar-refractivity contribution in [3.05, 3.63) is 24.8 Å². The third-order valence-corrected chi connectivity index (χ3v) is 5.25. The van der Waals surface area contributed by atoms with Crippen LogP contribution in [0.2, 0.25) is 6.04 Å². The molecule has 0 bridgehead atoms. The van der Waals surface area contributed by atoms with Gasteiger partial charge in [0, 0.05) is 31.9 Å². The Morgan fingerprint density at radius 3 is 2.29 bits per heavy atom. The van der Waals surface area contributed by atoms with Crippen molar-refractivity contribution in [1.82, 2.24) is 0 Å². The van der Waals surface area contributed by atoms with Crippen molar-refractivity contribution in [2.24, 2.45) is 0 Å². The van der Waals surface area contributed by atoms with Gasteiger partial charge in [0.05, 0.1) is 6.61 Å². The van der Waals surface area contributed by atoms with Crippen LogP contribution in [0.15, 0.2) is 24.8 Å². The molecule has 0 aromatic rings. The SMILES string of the molecule is C=CC(=O)OCO[Si](CCCOC(=O)C(=C)C)(OC)OC. The predicted molar refractivity (Wildman–Crippen MR) is 77.2 cm³/mol. The highest BCUT2D eigenvalue weighted by molar-refractivity contribution is 6.60. The third kappa shape index (κ3) is 7.76. The first-order chi connectivity index (χ1) is 9.90. The average molecular weight is 318 g/mol.